The van der Waals surface area contributed by atoms with Crippen molar-refractivity contribution in [1.29, 1.82) is 0 Å². The van der Waals surface area contributed by atoms with Gasteiger partial charge in [0.25, 0.3) is 0 Å². The normalized spacial score (nSPS) is 12.1. The maximum Gasteiger partial charge on any atom is 0.419 e. The Morgan fingerprint density at radius 2 is 2.00 bits per heavy atom. The molecule has 0 saturated heterocycles. The lowest BCUT2D eigenvalue weighted by atomic mass is 10.2. The monoisotopic (exact) mass is 317 g/mol. The highest BCUT2D eigenvalue weighted by molar-refractivity contribution is 5.79. The van der Waals surface area contributed by atoms with Crippen LogP contribution in [0, 0.1) is 0 Å². The molecular weight excluding hydrogens is 295 g/mol. The third kappa shape index (κ3) is 6.19. The van der Waals surface area contributed by atoms with Crippen molar-refractivity contribution in [2.75, 3.05) is 31.5 Å². The van der Waals surface area contributed by atoms with Crippen molar-refractivity contribution in [2.45, 2.75) is 26.4 Å². The number of aliphatic imine (C=N–C) groups is 1. The highest BCUT2D eigenvalue weighted by Gasteiger charge is 2.33. The second-order valence-electron chi connectivity index (χ2n) is 4.51. The van der Waals surface area contributed by atoms with Gasteiger partial charge in [-0.15, -0.1) is 0 Å². The quantitative estimate of drug-likeness (QED) is 0.411. The summed E-state index contributed by atoms with van der Waals surface area (Å²) in [5.74, 6) is 0.496. The minimum atomic E-state index is -4.42. The summed E-state index contributed by atoms with van der Waals surface area (Å²) in [6.45, 7) is 6.13. The van der Waals surface area contributed by atoms with Gasteiger partial charge in [-0.1, -0.05) is 6.92 Å². The Kier molecular flexibility index (Phi) is 7.48. The molecule has 0 radical (unpaired) electrons. The van der Waals surface area contributed by atoms with Crippen LogP contribution in [0.25, 0.3) is 0 Å². The summed E-state index contributed by atoms with van der Waals surface area (Å²) in [6.07, 6.45) is -2.16. The molecule has 1 heterocycles. The van der Waals surface area contributed by atoms with Crippen molar-refractivity contribution >= 4 is 11.8 Å². The molecule has 0 aliphatic carbocycles. The molecule has 0 aliphatic heterocycles. The van der Waals surface area contributed by atoms with Crippen LogP contribution in [0.4, 0.5) is 19.0 Å². The van der Waals surface area contributed by atoms with E-state index in [1.54, 1.807) is 0 Å². The summed E-state index contributed by atoms with van der Waals surface area (Å²) in [5, 5.41) is 8.82. The molecule has 124 valence electrons. The van der Waals surface area contributed by atoms with E-state index in [1.807, 2.05) is 13.8 Å². The van der Waals surface area contributed by atoms with Crippen LogP contribution in [0.1, 0.15) is 25.8 Å². The van der Waals surface area contributed by atoms with Crippen LogP contribution in [0.2, 0.25) is 0 Å². The fourth-order valence-electron chi connectivity index (χ4n) is 1.70. The Hall–Kier alpha value is -1.99. The average Bonchev–Trinajstić information content (AvgIpc) is 2.48. The lowest BCUT2D eigenvalue weighted by Crippen LogP contribution is -2.39. The Labute approximate surface area is 128 Å². The SMILES string of the molecule is CCCN=C(NCC)NCCNc1ncccc1C(F)(F)F. The summed E-state index contributed by atoms with van der Waals surface area (Å²) in [5.41, 5.74) is -0.762. The van der Waals surface area contributed by atoms with Crippen LogP contribution in [0.5, 0.6) is 0 Å². The molecule has 0 aliphatic rings. The van der Waals surface area contributed by atoms with E-state index in [0.29, 0.717) is 25.6 Å². The van der Waals surface area contributed by atoms with E-state index >= 15 is 0 Å². The molecule has 0 amide bonds. The van der Waals surface area contributed by atoms with E-state index in [2.05, 4.69) is 25.9 Å². The van der Waals surface area contributed by atoms with Crippen molar-refractivity contribution in [1.82, 2.24) is 15.6 Å². The second-order valence-corrected chi connectivity index (χ2v) is 4.51. The van der Waals surface area contributed by atoms with E-state index in [4.69, 9.17) is 0 Å². The maximum absolute atomic E-state index is 12.8. The summed E-state index contributed by atoms with van der Waals surface area (Å²) in [6, 6.07) is 2.28. The molecule has 8 heteroatoms. The zero-order valence-electron chi connectivity index (χ0n) is 12.8. The number of nitrogens with zero attached hydrogens (tertiary/aromatic N) is 2. The van der Waals surface area contributed by atoms with Crippen molar-refractivity contribution in [2.24, 2.45) is 4.99 Å². The van der Waals surface area contributed by atoms with E-state index in [1.165, 1.54) is 12.3 Å². The Balaban J connectivity index is 2.51. The number of pyridine rings is 1. The molecule has 22 heavy (non-hydrogen) atoms. The first-order chi connectivity index (χ1) is 10.5. The molecule has 0 fully saturated rings. The Morgan fingerprint density at radius 3 is 2.64 bits per heavy atom. The lowest BCUT2D eigenvalue weighted by Gasteiger charge is -2.14. The van der Waals surface area contributed by atoms with Gasteiger partial charge in [-0.25, -0.2) is 4.98 Å². The molecule has 0 bridgehead atoms. The number of hydrogen-bond donors (Lipinski definition) is 3. The van der Waals surface area contributed by atoms with Gasteiger partial charge in [0.2, 0.25) is 0 Å². The predicted octanol–water partition coefficient (Wildman–Crippen LogP) is 2.48. The number of anilines is 1. The molecule has 1 aromatic rings. The van der Waals surface area contributed by atoms with Crippen LogP contribution in [0.3, 0.4) is 0 Å². The van der Waals surface area contributed by atoms with Crippen LogP contribution >= 0.6 is 0 Å². The first-order valence-electron chi connectivity index (χ1n) is 7.27. The van der Waals surface area contributed by atoms with Crippen LogP contribution in [0.15, 0.2) is 23.3 Å². The third-order valence-corrected chi connectivity index (χ3v) is 2.66. The number of alkyl halides is 3. The minimum Gasteiger partial charge on any atom is -0.368 e. The van der Waals surface area contributed by atoms with Gasteiger partial charge in [0.05, 0.1) is 5.56 Å². The molecule has 0 spiro atoms. The lowest BCUT2D eigenvalue weighted by molar-refractivity contribution is -0.137. The minimum absolute atomic E-state index is 0.160. The Bertz CT molecular complexity index is 474. The molecular formula is C14H22F3N5. The maximum atomic E-state index is 12.8. The van der Waals surface area contributed by atoms with E-state index < -0.39 is 11.7 Å². The van der Waals surface area contributed by atoms with Gasteiger partial charge in [0.1, 0.15) is 5.82 Å². The zero-order chi connectivity index (χ0) is 16.4. The summed E-state index contributed by atoms with van der Waals surface area (Å²) in [7, 11) is 0. The molecule has 1 aromatic heterocycles. The van der Waals surface area contributed by atoms with E-state index in [0.717, 1.165) is 19.0 Å². The molecule has 0 atom stereocenters. The summed E-state index contributed by atoms with van der Waals surface area (Å²) >= 11 is 0. The van der Waals surface area contributed by atoms with Gasteiger partial charge < -0.3 is 16.0 Å². The van der Waals surface area contributed by atoms with E-state index in [9.17, 15) is 13.2 Å². The second kappa shape index (κ2) is 9.11. The van der Waals surface area contributed by atoms with Crippen LogP contribution in [-0.2, 0) is 6.18 Å². The van der Waals surface area contributed by atoms with Gasteiger partial charge in [-0.3, -0.25) is 4.99 Å². The van der Waals surface area contributed by atoms with Crippen LogP contribution in [-0.4, -0.2) is 37.1 Å². The van der Waals surface area contributed by atoms with Crippen molar-refractivity contribution in [3.05, 3.63) is 23.9 Å². The smallest absolute Gasteiger partial charge is 0.368 e. The van der Waals surface area contributed by atoms with Crippen molar-refractivity contribution < 1.29 is 13.2 Å². The largest absolute Gasteiger partial charge is 0.419 e. The fraction of sp³-hybridized carbons (Fsp3) is 0.571. The summed E-state index contributed by atoms with van der Waals surface area (Å²) in [4.78, 5) is 8.05. The molecule has 1 rings (SSSR count). The molecule has 0 unspecified atom stereocenters. The summed E-state index contributed by atoms with van der Waals surface area (Å²) < 4.78 is 38.4. The van der Waals surface area contributed by atoms with Gasteiger partial charge in [-0.2, -0.15) is 13.2 Å². The number of guanidine groups is 1. The predicted molar refractivity (Wildman–Crippen MR) is 82.0 cm³/mol. The molecule has 3 N–H and O–H groups in total. The van der Waals surface area contributed by atoms with Gasteiger partial charge >= 0.3 is 6.18 Å². The topological polar surface area (TPSA) is 61.3 Å². The number of nitrogens with one attached hydrogen (secondary N) is 3. The zero-order valence-corrected chi connectivity index (χ0v) is 12.8. The molecule has 0 saturated carbocycles. The number of rotatable bonds is 7. The van der Waals surface area contributed by atoms with Crippen molar-refractivity contribution in [3.63, 3.8) is 0 Å². The van der Waals surface area contributed by atoms with Gasteiger partial charge in [0.15, 0.2) is 5.96 Å². The number of halogens is 3. The van der Waals surface area contributed by atoms with E-state index in [-0.39, 0.29) is 5.82 Å². The third-order valence-electron chi connectivity index (χ3n) is 2.66. The highest BCUT2D eigenvalue weighted by Crippen LogP contribution is 2.33. The first-order valence-corrected chi connectivity index (χ1v) is 7.27. The molecule has 0 aromatic carbocycles. The number of hydrogen-bond acceptors (Lipinski definition) is 3. The van der Waals surface area contributed by atoms with Gasteiger partial charge in [-0.05, 0) is 25.5 Å². The number of aromatic nitrogens is 1. The van der Waals surface area contributed by atoms with Crippen molar-refractivity contribution in [3.8, 4) is 0 Å². The average molecular weight is 317 g/mol. The first kappa shape index (κ1) is 18.1. The molecule has 5 nitrogen and oxygen atoms in total. The van der Waals surface area contributed by atoms with Crippen LogP contribution < -0.4 is 16.0 Å². The highest BCUT2D eigenvalue weighted by atomic mass is 19.4. The fourth-order valence-corrected chi connectivity index (χ4v) is 1.70. The standard InChI is InChI=1S/C14H22F3N5/c1-3-7-21-13(18-4-2)22-10-9-20-12-11(14(15,16)17)6-5-8-19-12/h5-6,8H,3-4,7,9-10H2,1-2H3,(H,19,20)(H2,18,21,22). The van der Waals surface area contributed by atoms with Gasteiger partial charge in [0, 0.05) is 32.4 Å². The Morgan fingerprint density at radius 1 is 1.23 bits per heavy atom.